The van der Waals surface area contributed by atoms with Gasteiger partial charge in [-0.2, -0.15) is 0 Å². The monoisotopic (exact) mass is 318 g/mol. The zero-order valence-corrected chi connectivity index (χ0v) is 12.3. The van der Waals surface area contributed by atoms with Crippen LogP contribution in [0, 0.1) is 10.1 Å². The summed E-state index contributed by atoms with van der Waals surface area (Å²) in [5.41, 5.74) is -0.420. The molecule has 120 valence electrons. The van der Waals surface area contributed by atoms with Gasteiger partial charge >= 0.3 is 5.97 Å². The number of carbonyl (C=O) groups is 2. The molecule has 0 unspecified atom stereocenters. The normalized spacial score (nSPS) is 10.1. The van der Waals surface area contributed by atoms with Gasteiger partial charge in [0.2, 0.25) is 0 Å². The van der Waals surface area contributed by atoms with Crippen molar-refractivity contribution in [3.63, 3.8) is 0 Å². The van der Waals surface area contributed by atoms with Gasteiger partial charge in [0, 0.05) is 17.7 Å². The fourth-order valence-corrected chi connectivity index (χ4v) is 1.86. The minimum Gasteiger partial charge on any atom is -0.467 e. The first-order valence-electron chi connectivity index (χ1n) is 6.78. The molecule has 0 aliphatic heterocycles. The standard InChI is InChI=1S/C15H14N2O6/c1-2-22-15(19)11-6-10(7-12(8-11)17(20)21)14(18)16-9-13-4-3-5-23-13/h3-8H,2,9H2,1H3,(H,16,18). The van der Waals surface area contributed by atoms with Gasteiger partial charge in [-0.1, -0.05) is 0 Å². The predicted molar refractivity (Wildman–Crippen MR) is 78.9 cm³/mol. The molecule has 0 saturated carbocycles. The molecule has 0 atom stereocenters. The third kappa shape index (κ3) is 4.16. The van der Waals surface area contributed by atoms with Crippen LogP contribution in [0.15, 0.2) is 41.0 Å². The summed E-state index contributed by atoms with van der Waals surface area (Å²) in [6, 6.07) is 6.77. The molecule has 2 rings (SSSR count). The summed E-state index contributed by atoms with van der Waals surface area (Å²) in [6.45, 7) is 1.87. The van der Waals surface area contributed by atoms with E-state index in [1.54, 1.807) is 19.1 Å². The molecule has 0 aliphatic carbocycles. The number of nitro benzene ring substituents is 1. The largest absolute Gasteiger partial charge is 0.467 e. The molecule has 2 aromatic rings. The number of ether oxygens (including phenoxy) is 1. The Balaban J connectivity index is 2.23. The molecule has 0 spiro atoms. The minimum absolute atomic E-state index is 0.00573. The van der Waals surface area contributed by atoms with Crippen molar-refractivity contribution in [3.8, 4) is 0 Å². The first-order valence-corrected chi connectivity index (χ1v) is 6.78. The molecule has 0 radical (unpaired) electrons. The molecule has 8 heteroatoms. The highest BCUT2D eigenvalue weighted by Crippen LogP contribution is 2.18. The predicted octanol–water partition coefficient (Wildman–Crippen LogP) is 2.29. The molecule has 23 heavy (non-hydrogen) atoms. The first kappa shape index (κ1) is 16.2. The lowest BCUT2D eigenvalue weighted by Gasteiger charge is -2.06. The van der Waals surface area contributed by atoms with Gasteiger partial charge in [0.15, 0.2) is 0 Å². The Labute approximate surface area is 131 Å². The van der Waals surface area contributed by atoms with E-state index in [-0.39, 0.29) is 30.0 Å². The van der Waals surface area contributed by atoms with Crippen molar-refractivity contribution in [3.05, 3.63) is 63.6 Å². The van der Waals surface area contributed by atoms with Gasteiger partial charge in [-0.3, -0.25) is 14.9 Å². The van der Waals surface area contributed by atoms with E-state index >= 15 is 0 Å². The number of esters is 1. The van der Waals surface area contributed by atoms with Crippen LogP contribution in [-0.4, -0.2) is 23.4 Å². The van der Waals surface area contributed by atoms with E-state index in [1.807, 2.05) is 0 Å². The van der Waals surface area contributed by atoms with Crippen LogP contribution < -0.4 is 5.32 Å². The van der Waals surface area contributed by atoms with E-state index in [2.05, 4.69) is 5.32 Å². The zero-order chi connectivity index (χ0) is 16.8. The Morgan fingerprint density at radius 3 is 2.65 bits per heavy atom. The SMILES string of the molecule is CCOC(=O)c1cc(C(=O)NCc2ccco2)cc([N+](=O)[O-])c1. The first-order chi connectivity index (χ1) is 11.0. The third-order valence-corrected chi connectivity index (χ3v) is 2.91. The number of rotatable bonds is 6. The van der Waals surface area contributed by atoms with E-state index in [0.29, 0.717) is 5.76 Å². The summed E-state index contributed by atoms with van der Waals surface area (Å²) in [4.78, 5) is 34.2. The van der Waals surface area contributed by atoms with Crippen LogP contribution in [0.5, 0.6) is 0 Å². The summed E-state index contributed by atoms with van der Waals surface area (Å²) < 4.78 is 9.89. The lowest BCUT2D eigenvalue weighted by molar-refractivity contribution is -0.384. The van der Waals surface area contributed by atoms with E-state index in [9.17, 15) is 19.7 Å². The molecule has 0 fully saturated rings. The third-order valence-electron chi connectivity index (χ3n) is 2.91. The number of non-ortho nitro benzene ring substituents is 1. The van der Waals surface area contributed by atoms with Crippen LogP contribution in [0.4, 0.5) is 5.69 Å². The van der Waals surface area contributed by atoms with Crippen molar-refractivity contribution in [2.45, 2.75) is 13.5 Å². The van der Waals surface area contributed by atoms with Crippen molar-refractivity contribution < 1.29 is 23.7 Å². The van der Waals surface area contributed by atoms with Gasteiger partial charge in [0.05, 0.1) is 29.9 Å². The Morgan fingerprint density at radius 2 is 2.04 bits per heavy atom. The highest BCUT2D eigenvalue weighted by atomic mass is 16.6. The van der Waals surface area contributed by atoms with Gasteiger partial charge in [0.25, 0.3) is 11.6 Å². The van der Waals surface area contributed by atoms with Crippen molar-refractivity contribution in [1.82, 2.24) is 5.32 Å². The quantitative estimate of drug-likeness (QED) is 0.497. The maximum absolute atomic E-state index is 12.1. The van der Waals surface area contributed by atoms with Gasteiger partial charge < -0.3 is 14.5 Å². The van der Waals surface area contributed by atoms with Crippen molar-refractivity contribution >= 4 is 17.6 Å². The molecule has 1 heterocycles. The number of hydrogen-bond acceptors (Lipinski definition) is 6. The van der Waals surface area contributed by atoms with Crippen LogP contribution in [0.3, 0.4) is 0 Å². The summed E-state index contributed by atoms with van der Waals surface area (Å²) in [5, 5.41) is 13.5. The molecular formula is C15H14N2O6. The number of nitrogens with one attached hydrogen (secondary N) is 1. The molecule has 8 nitrogen and oxygen atoms in total. The van der Waals surface area contributed by atoms with Crippen LogP contribution >= 0.6 is 0 Å². The Bertz CT molecular complexity index is 724. The fourth-order valence-electron chi connectivity index (χ4n) is 1.86. The molecule has 1 aromatic heterocycles. The molecular weight excluding hydrogens is 304 g/mol. The number of nitrogens with zero attached hydrogens (tertiary/aromatic N) is 1. The van der Waals surface area contributed by atoms with E-state index in [0.717, 1.165) is 12.1 Å². The number of amides is 1. The molecule has 0 bridgehead atoms. The lowest BCUT2D eigenvalue weighted by atomic mass is 10.1. The topological polar surface area (TPSA) is 112 Å². The second-order valence-corrected chi connectivity index (χ2v) is 4.51. The van der Waals surface area contributed by atoms with E-state index in [1.165, 1.54) is 12.3 Å². The van der Waals surface area contributed by atoms with Crippen molar-refractivity contribution in [1.29, 1.82) is 0 Å². The highest BCUT2D eigenvalue weighted by molar-refractivity contribution is 5.98. The van der Waals surface area contributed by atoms with Gasteiger partial charge in [0.1, 0.15) is 5.76 Å². The highest BCUT2D eigenvalue weighted by Gasteiger charge is 2.18. The second kappa shape index (κ2) is 7.21. The van der Waals surface area contributed by atoms with Gasteiger partial charge in [-0.25, -0.2) is 4.79 Å². The number of furan rings is 1. The maximum atomic E-state index is 12.1. The van der Waals surface area contributed by atoms with Gasteiger partial charge in [-0.05, 0) is 25.1 Å². The van der Waals surface area contributed by atoms with E-state index in [4.69, 9.17) is 9.15 Å². The van der Waals surface area contributed by atoms with E-state index < -0.39 is 16.8 Å². The summed E-state index contributed by atoms with van der Waals surface area (Å²) in [7, 11) is 0. The van der Waals surface area contributed by atoms with Crippen LogP contribution in [-0.2, 0) is 11.3 Å². The number of benzene rings is 1. The maximum Gasteiger partial charge on any atom is 0.338 e. The van der Waals surface area contributed by atoms with Crippen molar-refractivity contribution in [2.75, 3.05) is 6.61 Å². The summed E-state index contributed by atoms with van der Waals surface area (Å²) in [5.74, 6) is -0.749. The molecule has 0 aliphatic rings. The smallest absolute Gasteiger partial charge is 0.338 e. The molecule has 1 amide bonds. The van der Waals surface area contributed by atoms with Gasteiger partial charge in [-0.15, -0.1) is 0 Å². The van der Waals surface area contributed by atoms with Crippen LogP contribution in [0.2, 0.25) is 0 Å². The van der Waals surface area contributed by atoms with Crippen molar-refractivity contribution in [2.24, 2.45) is 0 Å². The lowest BCUT2D eigenvalue weighted by Crippen LogP contribution is -2.23. The number of carbonyl (C=O) groups excluding carboxylic acids is 2. The summed E-state index contributed by atoms with van der Waals surface area (Å²) >= 11 is 0. The Kier molecular flexibility index (Phi) is 5.08. The Hall–Kier alpha value is -3.16. The number of hydrogen-bond donors (Lipinski definition) is 1. The van der Waals surface area contributed by atoms with Crippen LogP contribution in [0.1, 0.15) is 33.4 Å². The molecule has 1 N–H and O–H groups in total. The average molecular weight is 318 g/mol. The number of nitro groups is 1. The molecule has 1 aromatic carbocycles. The fraction of sp³-hybridized carbons (Fsp3) is 0.200. The Morgan fingerprint density at radius 1 is 1.30 bits per heavy atom. The molecule has 0 saturated heterocycles. The summed E-state index contributed by atoms with van der Waals surface area (Å²) in [6.07, 6.45) is 1.47. The second-order valence-electron chi connectivity index (χ2n) is 4.51. The average Bonchev–Trinajstić information content (AvgIpc) is 3.05. The van der Waals surface area contributed by atoms with Crippen LogP contribution in [0.25, 0.3) is 0 Å². The zero-order valence-electron chi connectivity index (χ0n) is 12.3. The minimum atomic E-state index is -0.726.